The van der Waals surface area contributed by atoms with Gasteiger partial charge in [0.25, 0.3) is 0 Å². The molecule has 0 aliphatic rings. The number of hydrogen-bond donors (Lipinski definition) is 2. The number of aryl methyl sites for hydroxylation is 1. The summed E-state index contributed by atoms with van der Waals surface area (Å²) in [4.78, 5) is 0. The molecule has 108 valence electrons. The molecular weight excluding hydrogens is 248 g/mol. The van der Waals surface area contributed by atoms with E-state index in [4.69, 9.17) is 5.84 Å². The number of hydrogen-bond acceptors (Lipinski definition) is 3. The third kappa shape index (κ3) is 2.92. The first-order chi connectivity index (χ1) is 9.47. The number of nitrogens with one attached hydrogen (secondary N) is 1. The largest absolute Gasteiger partial charge is 0.271 e. The summed E-state index contributed by atoms with van der Waals surface area (Å²) in [5.41, 5.74) is 6.61. The molecular formula is C16H24N4. The van der Waals surface area contributed by atoms with Gasteiger partial charge in [-0.2, -0.15) is 5.10 Å². The molecule has 1 atom stereocenters. The Bertz CT molecular complexity index is 549. The van der Waals surface area contributed by atoms with E-state index in [0.717, 1.165) is 17.8 Å². The fourth-order valence-electron chi connectivity index (χ4n) is 2.38. The predicted octanol–water partition coefficient (Wildman–Crippen LogP) is 2.75. The SMILES string of the molecule is CCn1nccc1C(NN)c1ccc(C(C)(C)C)cc1. The molecule has 0 saturated carbocycles. The first-order valence-electron chi connectivity index (χ1n) is 7.05. The molecule has 1 unspecified atom stereocenters. The van der Waals surface area contributed by atoms with Crippen molar-refractivity contribution in [3.63, 3.8) is 0 Å². The highest BCUT2D eigenvalue weighted by Gasteiger charge is 2.18. The van der Waals surface area contributed by atoms with Crippen LogP contribution < -0.4 is 11.3 Å². The lowest BCUT2D eigenvalue weighted by Gasteiger charge is -2.22. The van der Waals surface area contributed by atoms with Gasteiger partial charge in [-0.1, -0.05) is 45.0 Å². The smallest absolute Gasteiger partial charge is 0.0878 e. The molecule has 0 bridgehead atoms. The van der Waals surface area contributed by atoms with Gasteiger partial charge < -0.3 is 0 Å². The fourth-order valence-corrected chi connectivity index (χ4v) is 2.38. The second-order valence-electron chi connectivity index (χ2n) is 6.04. The molecule has 0 saturated heterocycles. The highest BCUT2D eigenvalue weighted by atomic mass is 15.3. The van der Waals surface area contributed by atoms with Crippen LogP contribution in [0.2, 0.25) is 0 Å². The summed E-state index contributed by atoms with van der Waals surface area (Å²) in [7, 11) is 0. The van der Waals surface area contributed by atoms with Crippen LogP contribution in [0.25, 0.3) is 0 Å². The minimum Gasteiger partial charge on any atom is -0.271 e. The molecule has 1 heterocycles. The van der Waals surface area contributed by atoms with Gasteiger partial charge in [-0.15, -0.1) is 0 Å². The molecule has 0 aliphatic heterocycles. The Morgan fingerprint density at radius 2 is 1.85 bits per heavy atom. The number of hydrazine groups is 1. The molecule has 1 aromatic carbocycles. The van der Waals surface area contributed by atoms with Gasteiger partial charge in [0.15, 0.2) is 0 Å². The molecule has 0 fully saturated rings. The molecule has 0 amide bonds. The van der Waals surface area contributed by atoms with Gasteiger partial charge in [0.05, 0.1) is 11.7 Å². The van der Waals surface area contributed by atoms with Gasteiger partial charge in [0, 0.05) is 12.7 Å². The topological polar surface area (TPSA) is 55.9 Å². The predicted molar refractivity (Wildman–Crippen MR) is 82.2 cm³/mol. The van der Waals surface area contributed by atoms with E-state index < -0.39 is 0 Å². The van der Waals surface area contributed by atoms with Gasteiger partial charge in [0.2, 0.25) is 0 Å². The summed E-state index contributed by atoms with van der Waals surface area (Å²) in [5.74, 6) is 5.75. The molecule has 20 heavy (non-hydrogen) atoms. The van der Waals surface area contributed by atoms with Crippen LogP contribution in [0.1, 0.15) is 50.6 Å². The van der Waals surface area contributed by atoms with Crippen LogP contribution in [0.15, 0.2) is 36.5 Å². The van der Waals surface area contributed by atoms with Crippen LogP contribution in [0.3, 0.4) is 0 Å². The average Bonchev–Trinajstić information content (AvgIpc) is 2.87. The highest BCUT2D eigenvalue weighted by Crippen LogP contribution is 2.26. The highest BCUT2D eigenvalue weighted by molar-refractivity contribution is 5.33. The standard InChI is InChI=1S/C16H24N4/c1-5-20-14(10-11-18-20)15(19-17)12-6-8-13(9-7-12)16(2,3)4/h6-11,15,19H,5,17H2,1-4H3. The summed E-state index contributed by atoms with van der Waals surface area (Å²) < 4.78 is 1.96. The van der Waals surface area contributed by atoms with E-state index >= 15 is 0 Å². The number of aromatic nitrogens is 2. The second-order valence-corrected chi connectivity index (χ2v) is 6.04. The van der Waals surface area contributed by atoms with Crippen LogP contribution in [0.4, 0.5) is 0 Å². The number of rotatable bonds is 4. The third-order valence-electron chi connectivity index (χ3n) is 3.62. The van der Waals surface area contributed by atoms with Crippen molar-refractivity contribution in [2.75, 3.05) is 0 Å². The Morgan fingerprint density at radius 3 is 2.35 bits per heavy atom. The number of nitrogens with two attached hydrogens (primary N) is 1. The molecule has 4 heteroatoms. The maximum absolute atomic E-state index is 5.75. The van der Waals surface area contributed by atoms with Crippen LogP contribution in [-0.2, 0) is 12.0 Å². The van der Waals surface area contributed by atoms with Gasteiger partial charge in [0.1, 0.15) is 0 Å². The Kier molecular flexibility index (Phi) is 4.26. The molecule has 0 radical (unpaired) electrons. The van der Waals surface area contributed by atoms with Gasteiger partial charge in [-0.05, 0) is 29.5 Å². The average molecular weight is 272 g/mol. The zero-order valence-electron chi connectivity index (χ0n) is 12.7. The van der Waals surface area contributed by atoms with E-state index in [-0.39, 0.29) is 11.5 Å². The van der Waals surface area contributed by atoms with E-state index in [1.807, 2.05) is 16.9 Å². The minimum absolute atomic E-state index is 0.0357. The van der Waals surface area contributed by atoms with Crippen molar-refractivity contribution in [3.8, 4) is 0 Å². The van der Waals surface area contributed by atoms with Crippen molar-refractivity contribution in [1.29, 1.82) is 0 Å². The minimum atomic E-state index is -0.0357. The van der Waals surface area contributed by atoms with Crippen molar-refractivity contribution in [2.24, 2.45) is 5.84 Å². The summed E-state index contributed by atoms with van der Waals surface area (Å²) in [5, 5.41) is 4.31. The first-order valence-corrected chi connectivity index (χ1v) is 7.05. The molecule has 3 N–H and O–H groups in total. The van der Waals surface area contributed by atoms with Crippen LogP contribution in [-0.4, -0.2) is 9.78 Å². The lowest BCUT2D eigenvalue weighted by atomic mass is 9.86. The third-order valence-corrected chi connectivity index (χ3v) is 3.62. The maximum Gasteiger partial charge on any atom is 0.0878 e. The molecule has 1 aromatic heterocycles. The van der Waals surface area contributed by atoms with Crippen LogP contribution in [0.5, 0.6) is 0 Å². The zero-order chi connectivity index (χ0) is 14.8. The molecule has 0 aliphatic carbocycles. The van der Waals surface area contributed by atoms with E-state index in [1.54, 1.807) is 0 Å². The number of benzene rings is 1. The van der Waals surface area contributed by atoms with Gasteiger partial charge in [-0.3, -0.25) is 10.5 Å². The van der Waals surface area contributed by atoms with E-state index in [1.165, 1.54) is 5.56 Å². The quantitative estimate of drug-likeness (QED) is 0.664. The Balaban J connectivity index is 2.33. The van der Waals surface area contributed by atoms with Crippen molar-refractivity contribution >= 4 is 0 Å². The molecule has 4 nitrogen and oxygen atoms in total. The lowest BCUT2D eigenvalue weighted by molar-refractivity contribution is 0.542. The van der Waals surface area contributed by atoms with E-state index in [2.05, 4.69) is 62.5 Å². The normalized spacial score (nSPS) is 13.4. The molecule has 0 spiro atoms. The van der Waals surface area contributed by atoms with E-state index in [0.29, 0.717) is 0 Å². The Morgan fingerprint density at radius 1 is 1.20 bits per heavy atom. The van der Waals surface area contributed by atoms with Crippen LogP contribution in [0, 0.1) is 0 Å². The van der Waals surface area contributed by atoms with Crippen molar-refractivity contribution in [1.82, 2.24) is 15.2 Å². The van der Waals surface area contributed by atoms with Crippen LogP contribution >= 0.6 is 0 Å². The summed E-state index contributed by atoms with van der Waals surface area (Å²) in [6.45, 7) is 9.56. The Labute approximate surface area is 121 Å². The van der Waals surface area contributed by atoms with Crippen molar-refractivity contribution < 1.29 is 0 Å². The monoisotopic (exact) mass is 272 g/mol. The summed E-state index contributed by atoms with van der Waals surface area (Å²) in [6.07, 6.45) is 1.81. The van der Waals surface area contributed by atoms with E-state index in [9.17, 15) is 0 Å². The molecule has 2 rings (SSSR count). The summed E-state index contributed by atoms with van der Waals surface area (Å²) in [6, 6.07) is 10.6. The maximum atomic E-state index is 5.75. The zero-order valence-corrected chi connectivity index (χ0v) is 12.7. The van der Waals surface area contributed by atoms with Gasteiger partial charge >= 0.3 is 0 Å². The first kappa shape index (κ1) is 14.8. The Hall–Kier alpha value is -1.65. The second kappa shape index (κ2) is 5.77. The van der Waals surface area contributed by atoms with Crippen molar-refractivity contribution in [2.45, 2.75) is 45.7 Å². The fraction of sp³-hybridized carbons (Fsp3) is 0.438. The molecule has 2 aromatic rings. The van der Waals surface area contributed by atoms with Crippen molar-refractivity contribution in [3.05, 3.63) is 53.3 Å². The lowest BCUT2D eigenvalue weighted by Crippen LogP contribution is -2.30. The summed E-state index contributed by atoms with van der Waals surface area (Å²) >= 11 is 0. The number of nitrogens with zero attached hydrogens (tertiary/aromatic N) is 2. The van der Waals surface area contributed by atoms with Gasteiger partial charge in [-0.25, -0.2) is 5.43 Å².